The zero-order valence-corrected chi connectivity index (χ0v) is 25.7. The highest BCUT2D eigenvalue weighted by atomic mass is 15.0. The van der Waals surface area contributed by atoms with Gasteiger partial charge >= 0.3 is 0 Å². The number of rotatable bonds is 5. The predicted octanol–water partition coefficient (Wildman–Crippen LogP) is 11.7. The maximum atomic E-state index is 8.75. The van der Waals surface area contributed by atoms with Crippen LogP contribution in [0.25, 0.3) is 88.7 Å². The van der Waals surface area contributed by atoms with E-state index in [-0.39, 0.29) is 23.5 Å². The minimum atomic E-state index is -0.474. The number of aromatic nitrogens is 3. The molecule has 224 valence electrons. The molecule has 0 saturated carbocycles. The number of hydrogen-bond acceptors (Lipinski definition) is 3. The quantitative estimate of drug-likeness (QED) is 0.193. The van der Waals surface area contributed by atoms with Gasteiger partial charge in [0.05, 0.1) is 6.85 Å². The number of nitrogens with zero attached hydrogens (tertiary/aromatic N) is 3. The van der Waals surface area contributed by atoms with Crippen LogP contribution in [-0.2, 0) is 0 Å². The highest BCUT2D eigenvalue weighted by Gasteiger charge is 2.16. The van der Waals surface area contributed by atoms with Crippen LogP contribution < -0.4 is 0 Å². The molecule has 0 saturated heterocycles. The second kappa shape index (κ2) is 11.7. The van der Waals surface area contributed by atoms with Gasteiger partial charge in [-0.2, -0.15) is 0 Å². The Labute approximate surface area is 285 Å². The van der Waals surface area contributed by atoms with Crippen LogP contribution in [0.2, 0.25) is 0 Å². The number of hydrogen-bond donors (Lipinski definition) is 0. The Morgan fingerprint density at radius 3 is 1.67 bits per heavy atom. The Morgan fingerprint density at radius 2 is 0.875 bits per heavy atom. The van der Waals surface area contributed by atoms with E-state index in [9.17, 15) is 0 Å². The molecular weight excluding hydrogens is 583 g/mol. The normalized spacial score (nSPS) is 12.8. The van der Waals surface area contributed by atoms with Crippen molar-refractivity contribution in [2.75, 3.05) is 0 Å². The fourth-order valence-electron chi connectivity index (χ4n) is 6.50. The van der Waals surface area contributed by atoms with Gasteiger partial charge in [-0.05, 0) is 66.7 Å². The molecule has 0 aliphatic rings. The smallest absolute Gasteiger partial charge is 0.164 e. The monoisotopic (exact) mass is 616 g/mol. The summed E-state index contributed by atoms with van der Waals surface area (Å²) in [7, 11) is 0. The van der Waals surface area contributed by atoms with E-state index in [4.69, 9.17) is 21.8 Å². The molecule has 1 aromatic heterocycles. The molecule has 0 amide bonds. The van der Waals surface area contributed by atoms with E-state index in [1.165, 1.54) is 10.8 Å². The van der Waals surface area contributed by atoms with Crippen molar-refractivity contribution in [3.8, 4) is 56.4 Å². The summed E-state index contributed by atoms with van der Waals surface area (Å²) in [6.07, 6.45) is 0. The van der Waals surface area contributed by atoms with Crippen molar-refractivity contribution in [1.29, 1.82) is 0 Å². The van der Waals surface area contributed by atoms with E-state index in [0.29, 0.717) is 17.2 Å². The molecule has 0 atom stereocenters. The zero-order valence-electron chi connectivity index (χ0n) is 30.7. The first kappa shape index (κ1) is 23.0. The van der Waals surface area contributed by atoms with Gasteiger partial charge in [-0.15, -0.1) is 0 Å². The zero-order chi connectivity index (χ0) is 36.2. The lowest BCUT2D eigenvalue weighted by Gasteiger charge is -2.13. The van der Waals surface area contributed by atoms with Gasteiger partial charge in [-0.3, -0.25) is 0 Å². The van der Waals surface area contributed by atoms with E-state index >= 15 is 0 Å². The summed E-state index contributed by atoms with van der Waals surface area (Å²) in [5, 5.41) is 6.32. The average Bonchev–Trinajstić information content (AvgIpc) is 3.21. The third-order valence-corrected chi connectivity index (χ3v) is 8.81. The lowest BCUT2D eigenvalue weighted by atomic mass is 9.95. The fraction of sp³-hybridized carbons (Fsp3) is 0. The molecule has 9 aromatic rings. The molecule has 0 N–H and O–H groups in total. The van der Waals surface area contributed by atoms with Crippen LogP contribution in [-0.4, -0.2) is 15.0 Å². The third kappa shape index (κ3) is 4.99. The lowest BCUT2D eigenvalue weighted by molar-refractivity contribution is 1.08. The molecule has 0 unspecified atom stereocenters. The first-order chi connectivity index (χ1) is 25.9. The molecule has 0 aliphatic heterocycles. The molecule has 48 heavy (non-hydrogen) atoms. The molecule has 0 spiro atoms. The van der Waals surface area contributed by atoms with E-state index < -0.39 is 18.1 Å². The summed E-state index contributed by atoms with van der Waals surface area (Å²) < 4.78 is 42.4. The van der Waals surface area contributed by atoms with Crippen LogP contribution in [0.5, 0.6) is 0 Å². The summed E-state index contributed by atoms with van der Waals surface area (Å²) >= 11 is 0. The van der Waals surface area contributed by atoms with Crippen molar-refractivity contribution >= 4 is 32.3 Å². The summed E-state index contributed by atoms with van der Waals surface area (Å²) in [6, 6.07) is 47.2. The molecule has 8 aromatic carbocycles. The van der Waals surface area contributed by atoms with Gasteiger partial charge in [0, 0.05) is 16.7 Å². The minimum absolute atomic E-state index is 0.00428. The van der Waals surface area contributed by atoms with E-state index in [0.717, 1.165) is 49.4 Å². The topological polar surface area (TPSA) is 38.7 Å². The molecule has 3 nitrogen and oxygen atoms in total. The maximum absolute atomic E-state index is 8.75. The first-order valence-electron chi connectivity index (χ1n) is 18.3. The van der Waals surface area contributed by atoms with Gasteiger partial charge in [0.25, 0.3) is 0 Å². The van der Waals surface area contributed by atoms with Crippen molar-refractivity contribution in [3.63, 3.8) is 0 Å². The Hall–Kier alpha value is -6.45. The van der Waals surface area contributed by atoms with Crippen molar-refractivity contribution in [2.24, 2.45) is 0 Å². The Morgan fingerprint density at radius 1 is 0.333 bits per heavy atom. The average molecular weight is 617 g/mol. The Kier molecular flexibility index (Phi) is 5.61. The first-order valence-corrected chi connectivity index (χ1v) is 15.8. The fourth-order valence-corrected chi connectivity index (χ4v) is 6.50. The highest BCUT2D eigenvalue weighted by Crippen LogP contribution is 2.36. The number of benzene rings is 8. The van der Waals surface area contributed by atoms with Gasteiger partial charge in [-0.25, -0.2) is 15.0 Å². The predicted molar refractivity (Wildman–Crippen MR) is 200 cm³/mol. The molecule has 0 radical (unpaired) electrons. The second-order valence-electron chi connectivity index (χ2n) is 11.7. The van der Waals surface area contributed by atoms with Crippen LogP contribution in [0.3, 0.4) is 0 Å². The second-order valence-corrected chi connectivity index (χ2v) is 11.7. The van der Waals surface area contributed by atoms with Crippen LogP contribution in [0.15, 0.2) is 176 Å². The van der Waals surface area contributed by atoms with Crippen LogP contribution in [0.1, 0.15) is 6.85 Å². The molecule has 1 heterocycles. The molecule has 0 fully saturated rings. The highest BCUT2D eigenvalue weighted by molar-refractivity contribution is 6.04. The summed E-state index contributed by atoms with van der Waals surface area (Å²) in [5.41, 5.74) is 5.76. The Bertz CT molecular complexity index is 2880. The standard InChI is InChI=1S/C45H29N3/c1-3-12-30(13-4-1)38-20-10-22-41-40(38)21-11-23-42(41)45-47-43(32-15-5-2-6-16-32)46-44(48-45)36-27-25-33-28-35(26-24-34(33)29-36)39-19-9-17-31-14-7-8-18-37(31)39/h1-29H/i2D,5D,6D,15D,16D. The van der Waals surface area contributed by atoms with Gasteiger partial charge in [-0.1, -0.05) is 164 Å². The van der Waals surface area contributed by atoms with Crippen LogP contribution >= 0.6 is 0 Å². The van der Waals surface area contributed by atoms with Crippen LogP contribution in [0.4, 0.5) is 0 Å². The molecular formula is C45H29N3. The van der Waals surface area contributed by atoms with E-state index in [1.54, 1.807) is 0 Å². The Balaban J connectivity index is 1.24. The number of fused-ring (bicyclic) bond motifs is 3. The largest absolute Gasteiger partial charge is 0.208 e. The molecule has 9 rings (SSSR count). The lowest BCUT2D eigenvalue weighted by Crippen LogP contribution is -2.00. The van der Waals surface area contributed by atoms with Crippen molar-refractivity contribution in [3.05, 3.63) is 176 Å². The summed E-state index contributed by atoms with van der Waals surface area (Å²) in [6.45, 7) is 0. The van der Waals surface area contributed by atoms with Crippen molar-refractivity contribution < 1.29 is 6.85 Å². The van der Waals surface area contributed by atoms with Gasteiger partial charge in [0.15, 0.2) is 17.5 Å². The third-order valence-electron chi connectivity index (χ3n) is 8.81. The summed E-state index contributed by atoms with van der Waals surface area (Å²) in [5.74, 6) is 0.664. The van der Waals surface area contributed by atoms with Gasteiger partial charge in [0.2, 0.25) is 0 Å². The SMILES string of the molecule is [2H]c1c([2H])c([2H])c(-c2nc(-c3ccc4cc(-c5cccc6ccccc56)ccc4c3)nc(-c3cccc4c(-c5ccccc5)cccc34)n2)c([2H])c1[2H]. The van der Waals surface area contributed by atoms with Crippen molar-refractivity contribution in [1.82, 2.24) is 15.0 Å². The van der Waals surface area contributed by atoms with Gasteiger partial charge in [0.1, 0.15) is 0 Å². The van der Waals surface area contributed by atoms with Gasteiger partial charge < -0.3 is 0 Å². The maximum Gasteiger partial charge on any atom is 0.164 e. The minimum Gasteiger partial charge on any atom is -0.208 e. The van der Waals surface area contributed by atoms with E-state index in [2.05, 4.69) is 78.9 Å². The van der Waals surface area contributed by atoms with Crippen molar-refractivity contribution in [2.45, 2.75) is 0 Å². The molecule has 0 aliphatic carbocycles. The molecule has 0 bridgehead atoms. The van der Waals surface area contributed by atoms with Crippen LogP contribution in [0, 0.1) is 0 Å². The summed E-state index contributed by atoms with van der Waals surface area (Å²) in [4.78, 5) is 14.6. The van der Waals surface area contributed by atoms with E-state index in [1.807, 2.05) is 66.7 Å². The molecule has 3 heteroatoms.